The van der Waals surface area contributed by atoms with Crippen LogP contribution in [0.4, 0.5) is 0 Å². The normalized spacial score (nSPS) is 27.8. The first kappa shape index (κ1) is 9.72. The molecule has 90 valence electrons. The molecule has 0 aliphatic carbocycles. The fourth-order valence-electron chi connectivity index (χ4n) is 3.60. The van der Waals surface area contributed by atoms with Gasteiger partial charge in [-0.1, -0.05) is 18.2 Å². The molecule has 1 aromatic carbocycles. The fraction of sp³-hybridized carbons (Fsp3) is 0.467. The first-order valence-electron chi connectivity index (χ1n) is 6.73. The Hall–Kier alpha value is -1.28. The predicted octanol–water partition coefficient (Wildman–Crippen LogP) is 3.15. The van der Waals surface area contributed by atoms with Crippen molar-refractivity contribution in [2.75, 3.05) is 19.6 Å². The maximum Gasteiger partial charge on any atom is 0.0459 e. The number of rotatable bonds is 0. The SMILES string of the molecule is [HH].c1ccc2c3c([nH]c2c1)C1CCCN(CC3)C1. The Balaban J connectivity index is 0.000001000. The summed E-state index contributed by atoms with van der Waals surface area (Å²) in [5.74, 6) is 0.744. The molecule has 0 amide bonds. The van der Waals surface area contributed by atoms with Crippen LogP contribution in [0.1, 0.15) is 31.4 Å². The zero-order chi connectivity index (χ0) is 11.2. The second-order valence-electron chi connectivity index (χ2n) is 5.45. The lowest BCUT2D eigenvalue weighted by Crippen LogP contribution is -2.33. The van der Waals surface area contributed by atoms with Gasteiger partial charge in [0, 0.05) is 37.0 Å². The van der Waals surface area contributed by atoms with E-state index in [1.165, 1.54) is 55.5 Å². The molecule has 2 aliphatic rings. The average molecular weight is 228 g/mol. The van der Waals surface area contributed by atoms with E-state index in [1.54, 1.807) is 5.56 Å². The van der Waals surface area contributed by atoms with Gasteiger partial charge in [-0.25, -0.2) is 0 Å². The van der Waals surface area contributed by atoms with Gasteiger partial charge in [0.25, 0.3) is 0 Å². The van der Waals surface area contributed by atoms with Crippen molar-refractivity contribution in [2.24, 2.45) is 0 Å². The molecule has 17 heavy (non-hydrogen) atoms. The Morgan fingerprint density at radius 2 is 2.18 bits per heavy atom. The Kier molecular flexibility index (Phi) is 2.06. The van der Waals surface area contributed by atoms with Crippen molar-refractivity contribution in [1.29, 1.82) is 0 Å². The highest BCUT2D eigenvalue weighted by Gasteiger charge is 2.28. The van der Waals surface area contributed by atoms with Crippen molar-refractivity contribution in [3.63, 3.8) is 0 Å². The highest BCUT2D eigenvalue weighted by molar-refractivity contribution is 5.85. The van der Waals surface area contributed by atoms with Gasteiger partial charge in [-0.15, -0.1) is 0 Å². The van der Waals surface area contributed by atoms with Crippen LogP contribution in [0, 0.1) is 0 Å². The number of H-pyrrole nitrogens is 1. The van der Waals surface area contributed by atoms with Gasteiger partial charge < -0.3 is 9.88 Å². The standard InChI is InChI=1S/C15H18N2.H2/c1-2-6-14-12(5-1)13-7-9-17-8-3-4-11(10-17)15(13)16-14;/h1-2,5-6,11,16H,3-4,7-10H2;1H. The Morgan fingerprint density at radius 3 is 3.18 bits per heavy atom. The molecule has 2 atom stereocenters. The van der Waals surface area contributed by atoms with Gasteiger partial charge in [-0.05, 0) is 37.4 Å². The lowest BCUT2D eigenvalue weighted by molar-refractivity contribution is 0.217. The maximum absolute atomic E-state index is 3.68. The quantitative estimate of drug-likeness (QED) is 0.734. The van der Waals surface area contributed by atoms with Gasteiger partial charge in [-0.2, -0.15) is 0 Å². The van der Waals surface area contributed by atoms with E-state index < -0.39 is 0 Å². The minimum atomic E-state index is 0. The second-order valence-corrected chi connectivity index (χ2v) is 5.45. The molecule has 1 aromatic heterocycles. The van der Waals surface area contributed by atoms with Crippen LogP contribution < -0.4 is 0 Å². The van der Waals surface area contributed by atoms with Crippen molar-refractivity contribution in [3.8, 4) is 0 Å². The van der Waals surface area contributed by atoms with Gasteiger partial charge in [0.1, 0.15) is 0 Å². The molecule has 2 aliphatic heterocycles. The number of fused-ring (bicyclic) bond motifs is 6. The fourth-order valence-corrected chi connectivity index (χ4v) is 3.60. The maximum atomic E-state index is 3.68. The number of nitrogens with one attached hydrogen (secondary N) is 1. The molecule has 1 N–H and O–H groups in total. The minimum absolute atomic E-state index is 0. The van der Waals surface area contributed by atoms with Gasteiger partial charge in [0.05, 0.1) is 0 Å². The number of piperidine rings is 1. The molecule has 4 rings (SSSR count). The monoisotopic (exact) mass is 228 g/mol. The molecule has 2 aromatic rings. The highest BCUT2D eigenvalue weighted by Crippen LogP contribution is 2.35. The number of nitrogens with zero attached hydrogens (tertiary/aromatic N) is 1. The molecule has 2 heteroatoms. The molecule has 2 unspecified atom stereocenters. The molecule has 0 radical (unpaired) electrons. The summed E-state index contributed by atoms with van der Waals surface area (Å²) < 4.78 is 0. The van der Waals surface area contributed by atoms with E-state index in [1.807, 2.05) is 0 Å². The molecule has 2 nitrogen and oxygen atoms in total. The summed E-state index contributed by atoms with van der Waals surface area (Å²) in [6, 6.07) is 8.78. The molecule has 2 bridgehead atoms. The van der Waals surface area contributed by atoms with Gasteiger partial charge in [0.2, 0.25) is 0 Å². The van der Waals surface area contributed by atoms with Gasteiger partial charge in [0.15, 0.2) is 0 Å². The Bertz CT molecular complexity index is 561. The third-order valence-electron chi connectivity index (χ3n) is 4.44. The smallest absolute Gasteiger partial charge is 0.0459 e. The van der Waals surface area contributed by atoms with E-state index in [2.05, 4.69) is 34.1 Å². The van der Waals surface area contributed by atoms with Crippen molar-refractivity contribution in [2.45, 2.75) is 25.2 Å². The van der Waals surface area contributed by atoms with Crippen LogP contribution in [0.15, 0.2) is 24.3 Å². The lowest BCUT2D eigenvalue weighted by atomic mass is 9.93. The van der Waals surface area contributed by atoms with E-state index in [4.69, 9.17) is 0 Å². The van der Waals surface area contributed by atoms with Crippen LogP contribution in [-0.4, -0.2) is 29.5 Å². The Morgan fingerprint density at radius 1 is 1.24 bits per heavy atom. The topological polar surface area (TPSA) is 19.0 Å². The van der Waals surface area contributed by atoms with E-state index in [9.17, 15) is 0 Å². The molecular formula is C15H20N2. The molecular weight excluding hydrogens is 208 g/mol. The van der Waals surface area contributed by atoms with Crippen LogP contribution >= 0.6 is 0 Å². The first-order chi connectivity index (χ1) is 8.42. The minimum Gasteiger partial charge on any atom is -0.358 e. The van der Waals surface area contributed by atoms with Gasteiger partial charge in [-0.3, -0.25) is 0 Å². The third-order valence-corrected chi connectivity index (χ3v) is 4.44. The summed E-state index contributed by atoms with van der Waals surface area (Å²) in [6.45, 7) is 3.81. The van der Waals surface area contributed by atoms with Crippen LogP contribution in [0.5, 0.6) is 0 Å². The highest BCUT2D eigenvalue weighted by atomic mass is 15.1. The van der Waals surface area contributed by atoms with Crippen LogP contribution in [0.3, 0.4) is 0 Å². The van der Waals surface area contributed by atoms with E-state index >= 15 is 0 Å². The summed E-state index contributed by atoms with van der Waals surface area (Å²) in [6.07, 6.45) is 3.94. The van der Waals surface area contributed by atoms with Crippen LogP contribution in [0.25, 0.3) is 10.9 Å². The van der Waals surface area contributed by atoms with E-state index in [0.29, 0.717) is 0 Å². The van der Waals surface area contributed by atoms with Crippen molar-refractivity contribution < 1.29 is 1.43 Å². The zero-order valence-electron chi connectivity index (χ0n) is 10.1. The van der Waals surface area contributed by atoms with Crippen molar-refractivity contribution >= 4 is 10.9 Å². The summed E-state index contributed by atoms with van der Waals surface area (Å²) in [4.78, 5) is 6.32. The molecule has 0 spiro atoms. The number of hydrogen-bond acceptors (Lipinski definition) is 1. The first-order valence-corrected chi connectivity index (χ1v) is 6.73. The van der Waals surface area contributed by atoms with Crippen molar-refractivity contribution in [3.05, 3.63) is 35.5 Å². The number of benzene rings is 1. The predicted molar refractivity (Wildman–Crippen MR) is 72.5 cm³/mol. The third kappa shape index (κ3) is 1.44. The number of para-hydroxylation sites is 1. The Labute approximate surface area is 103 Å². The number of aromatic amines is 1. The largest absolute Gasteiger partial charge is 0.358 e. The van der Waals surface area contributed by atoms with Crippen LogP contribution in [0.2, 0.25) is 0 Å². The second kappa shape index (κ2) is 3.61. The zero-order valence-corrected chi connectivity index (χ0v) is 10.1. The number of hydrogen-bond donors (Lipinski definition) is 1. The van der Waals surface area contributed by atoms with E-state index in [0.717, 1.165) is 5.92 Å². The van der Waals surface area contributed by atoms with Crippen molar-refractivity contribution in [1.82, 2.24) is 9.88 Å². The summed E-state index contributed by atoms with van der Waals surface area (Å²) in [5.41, 5.74) is 4.46. The molecule has 0 saturated carbocycles. The summed E-state index contributed by atoms with van der Waals surface area (Å²) >= 11 is 0. The molecule has 1 fully saturated rings. The lowest BCUT2D eigenvalue weighted by Gasteiger charge is -2.29. The summed E-state index contributed by atoms with van der Waals surface area (Å²) in [5, 5.41) is 1.45. The summed E-state index contributed by atoms with van der Waals surface area (Å²) in [7, 11) is 0. The van der Waals surface area contributed by atoms with Crippen LogP contribution in [-0.2, 0) is 6.42 Å². The molecule has 3 heterocycles. The van der Waals surface area contributed by atoms with Gasteiger partial charge >= 0.3 is 0 Å². The van der Waals surface area contributed by atoms with E-state index in [-0.39, 0.29) is 1.43 Å². The number of aromatic nitrogens is 1. The molecule has 1 saturated heterocycles. The average Bonchev–Trinajstić information content (AvgIpc) is 2.70.